The van der Waals surface area contributed by atoms with E-state index in [9.17, 15) is 9.59 Å². The van der Waals surface area contributed by atoms with Gasteiger partial charge in [-0.25, -0.2) is 9.59 Å². The molecule has 1 rings (SSSR count). The smallest absolute Gasteiger partial charge is 0.340 e. The lowest BCUT2D eigenvalue weighted by molar-refractivity contribution is 0.0494. The summed E-state index contributed by atoms with van der Waals surface area (Å²) in [6, 6.07) is 1.59. The SMILES string of the molecule is CCCCCCCCCCCOC(=O)c1cc(C(=O)OCCCCCCCCCCC)c(C)nc1C. The molecule has 0 aromatic carbocycles. The number of unbranched alkanes of at least 4 members (excludes halogenated alkanes) is 16. The van der Waals surface area contributed by atoms with E-state index < -0.39 is 11.9 Å². The standard InChI is InChI=1S/C31H53NO4/c1-5-7-9-11-13-15-17-19-21-23-35-30(33)28-25-29(27(4)32-26(28)3)31(34)36-24-22-20-18-16-14-12-10-8-6-2/h25H,5-24H2,1-4H3. The van der Waals surface area contributed by atoms with Gasteiger partial charge in [-0.3, -0.25) is 4.98 Å². The summed E-state index contributed by atoms with van der Waals surface area (Å²) in [6.07, 6.45) is 21.9. The summed E-state index contributed by atoms with van der Waals surface area (Å²) in [4.78, 5) is 29.6. The Kier molecular flexibility index (Phi) is 18.9. The lowest BCUT2D eigenvalue weighted by Crippen LogP contribution is -2.15. The van der Waals surface area contributed by atoms with Crippen LogP contribution in [-0.2, 0) is 9.47 Å². The van der Waals surface area contributed by atoms with Gasteiger partial charge >= 0.3 is 11.9 Å². The highest BCUT2D eigenvalue weighted by Crippen LogP contribution is 2.17. The van der Waals surface area contributed by atoms with E-state index in [0.717, 1.165) is 25.7 Å². The summed E-state index contributed by atoms with van der Waals surface area (Å²) >= 11 is 0. The Morgan fingerprint density at radius 2 is 0.861 bits per heavy atom. The van der Waals surface area contributed by atoms with Gasteiger partial charge in [0.15, 0.2) is 0 Å². The van der Waals surface area contributed by atoms with E-state index >= 15 is 0 Å². The number of carbonyl (C=O) groups is 2. The fourth-order valence-electron chi connectivity index (χ4n) is 4.45. The zero-order valence-electron chi connectivity index (χ0n) is 23.8. The Hall–Kier alpha value is -1.91. The van der Waals surface area contributed by atoms with Crippen molar-refractivity contribution in [2.45, 2.75) is 143 Å². The molecule has 0 spiro atoms. The minimum absolute atomic E-state index is 0.353. The van der Waals surface area contributed by atoms with Crippen LogP contribution in [-0.4, -0.2) is 30.1 Å². The maximum absolute atomic E-state index is 12.6. The quantitative estimate of drug-likeness (QED) is 0.117. The third-order valence-electron chi connectivity index (χ3n) is 6.81. The van der Waals surface area contributed by atoms with E-state index in [-0.39, 0.29) is 0 Å². The van der Waals surface area contributed by atoms with Gasteiger partial charge in [-0.05, 0) is 32.8 Å². The summed E-state index contributed by atoms with van der Waals surface area (Å²) in [5.74, 6) is -0.819. The first kappa shape index (κ1) is 32.1. The van der Waals surface area contributed by atoms with Gasteiger partial charge in [0.2, 0.25) is 0 Å². The summed E-state index contributed by atoms with van der Waals surface area (Å²) in [5.41, 5.74) is 1.87. The Morgan fingerprint density at radius 1 is 0.556 bits per heavy atom. The maximum atomic E-state index is 12.6. The topological polar surface area (TPSA) is 65.5 Å². The molecule has 206 valence electrons. The second-order valence-corrected chi connectivity index (χ2v) is 10.2. The summed E-state index contributed by atoms with van der Waals surface area (Å²) in [5, 5.41) is 0. The average molecular weight is 504 g/mol. The second-order valence-electron chi connectivity index (χ2n) is 10.2. The molecule has 1 aromatic rings. The molecular formula is C31H53NO4. The number of hydrogen-bond donors (Lipinski definition) is 0. The number of aryl methyl sites for hydroxylation is 2. The van der Waals surface area contributed by atoms with E-state index in [1.54, 1.807) is 19.9 Å². The van der Waals surface area contributed by atoms with Crippen molar-refractivity contribution >= 4 is 11.9 Å². The molecule has 1 aromatic heterocycles. The second kappa shape index (κ2) is 21.2. The van der Waals surface area contributed by atoms with Gasteiger partial charge in [0.1, 0.15) is 0 Å². The molecule has 0 aliphatic carbocycles. The van der Waals surface area contributed by atoms with Crippen molar-refractivity contribution < 1.29 is 19.1 Å². The van der Waals surface area contributed by atoms with Crippen molar-refractivity contribution in [2.75, 3.05) is 13.2 Å². The average Bonchev–Trinajstić information content (AvgIpc) is 2.86. The number of ether oxygens (including phenoxy) is 2. The highest BCUT2D eigenvalue weighted by molar-refractivity contribution is 5.96. The van der Waals surface area contributed by atoms with Gasteiger partial charge in [-0.1, -0.05) is 117 Å². The third kappa shape index (κ3) is 14.6. The van der Waals surface area contributed by atoms with Gasteiger partial charge < -0.3 is 9.47 Å². The maximum Gasteiger partial charge on any atom is 0.340 e. The lowest BCUT2D eigenvalue weighted by atomic mass is 10.1. The molecule has 0 saturated heterocycles. The van der Waals surface area contributed by atoms with Crippen molar-refractivity contribution in [2.24, 2.45) is 0 Å². The minimum Gasteiger partial charge on any atom is -0.462 e. The van der Waals surface area contributed by atoms with Crippen molar-refractivity contribution in [1.29, 1.82) is 0 Å². The molecule has 36 heavy (non-hydrogen) atoms. The number of nitrogens with zero attached hydrogens (tertiary/aromatic N) is 1. The van der Waals surface area contributed by atoms with E-state index in [1.165, 1.54) is 89.9 Å². The van der Waals surface area contributed by atoms with Crippen molar-refractivity contribution in [3.05, 3.63) is 28.6 Å². The van der Waals surface area contributed by atoms with Crippen molar-refractivity contribution in [3.8, 4) is 0 Å². The molecule has 0 atom stereocenters. The number of esters is 2. The van der Waals surface area contributed by atoms with Crippen molar-refractivity contribution in [3.63, 3.8) is 0 Å². The first-order valence-corrected chi connectivity index (χ1v) is 14.8. The molecule has 1 heterocycles. The van der Waals surface area contributed by atoms with E-state index in [0.29, 0.717) is 35.7 Å². The highest BCUT2D eigenvalue weighted by Gasteiger charge is 2.19. The van der Waals surface area contributed by atoms with Crippen LogP contribution in [0.4, 0.5) is 0 Å². The van der Waals surface area contributed by atoms with Crippen LogP contribution in [0.3, 0.4) is 0 Å². The van der Waals surface area contributed by atoms with Crippen LogP contribution >= 0.6 is 0 Å². The van der Waals surface area contributed by atoms with Crippen LogP contribution in [0, 0.1) is 13.8 Å². The Bertz CT molecular complexity index is 674. The summed E-state index contributed by atoms with van der Waals surface area (Å²) in [7, 11) is 0. The van der Waals surface area contributed by atoms with E-state index in [4.69, 9.17) is 9.47 Å². The fourth-order valence-corrected chi connectivity index (χ4v) is 4.45. The Balaban J connectivity index is 2.31. The van der Waals surface area contributed by atoms with Gasteiger partial charge in [0.25, 0.3) is 0 Å². The summed E-state index contributed by atoms with van der Waals surface area (Å²) in [6.45, 7) is 8.84. The zero-order valence-corrected chi connectivity index (χ0v) is 23.8. The monoisotopic (exact) mass is 503 g/mol. The van der Waals surface area contributed by atoms with Gasteiger partial charge in [0.05, 0.1) is 35.7 Å². The van der Waals surface area contributed by atoms with Crippen LogP contribution in [0.2, 0.25) is 0 Å². The van der Waals surface area contributed by atoms with Gasteiger partial charge in [0, 0.05) is 0 Å². The molecule has 5 heteroatoms. The van der Waals surface area contributed by atoms with Crippen LogP contribution in [0.25, 0.3) is 0 Å². The van der Waals surface area contributed by atoms with Gasteiger partial charge in [-0.2, -0.15) is 0 Å². The largest absolute Gasteiger partial charge is 0.462 e. The fraction of sp³-hybridized carbons (Fsp3) is 0.774. The molecule has 5 nitrogen and oxygen atoms in total. The number of pyridine rings is 1. The molecule has 0 N–H and O–H groups in total. The molecule has 0 saturated carbocycles. The molecule has 0 unspecified atom stereocenters. The molecule has 0 radical (unpaired) electrons. The lowest BCUT2D eigenvalue weighted by Gasteiger charge is -2.11. The number of aromatic nitrogens is 1. The molecule has 0 aliphatic rings. The highest BCUT2D eigenvalue weighted by atomic mass is 16.5. The third-order valence-corrected chi connectivity index (χ3v) is 6.81. The Morgan fingerprint density at radius 3 is 1.19 bits per heavy atom. The van der Waals surface area contributed by atoms with Crippen LogP contribution in [0.5, 0.6) is 0 Å². The molecule has 0 aliphatic heterocycles. The first-order chi connectivity index (χ1) is 17.5. The molecule has 0 fully saturated rings. The first-order valence-electron chi connectivity index (χ1n) is 14.8. The van der Waals surface area contributed by atoms with Crippen LogP contribution in [0.1, 0.15) is 162 Å². The van der Waals surface area contributed by atoms with Crippen LogP contribution < -0.4 is 0 Å². The predicted octanol–water partition coefficient (Wildman–Crippen LogP) is 9.07. The van der Waals surface area contributed by atoms with E-state index in [2.05, 4.69) is 18.8 Å². The normalized spacial score (nSPS) is 11.0. The zero-order chi connectivity index (χ0) is 26.4. The number of rotatable bonds is 22. The minimum atomic E-state index is -0.410. The Labute approximate surface area is 221 Å². The molecular weight excluding hydrogens is 450 g/mol. The number of hydrogen-bond acceptors (Lipinski definition) is 5. The summed E-state index contributed by atoms with van der Waals surface area (Å²) < 4.78 is 11.0. The predicted molar refractivity (Wildman–Crippen MR) is 149 cm³/mol. The molecule has 0 bridgehead atoms. The van der Waals surface area contributed by atoms with Crippen LogP contribution in [0.15, 0.2) is 6.07 Å². The van der Waals surface area contributed by atoms with E-state index in [1.807, 2.05) is 0 Å². The van der Waals surface area contributed by atoms with Crippen molar-refractivity contribution in [1.82, 2.24) is 4.98 Å². The number of carbonyl (C=O) groups excluding carboxylic acids is 2. The van der Waals surface area contributed by atoms with Gasteiger partial charge in [-0.15, -0.1) is 0 Å². The molecule has 0 amide bonds.